The summed E-state index contributed by atoms with van der Waals surface area (Å²) < 4.78 is 1.66. The first kappa shape index (κ1) is 12.1. The molecule has 0 atom stereocenters. The van der Waals surface area contributed by atoms with Crippen molar-refractivity contribution >= 4 is 16.7 Å². The minimum absolute atomic E-state index is 0.313. The van der Waals surface area contributed by atoms with E-state index in [-0.39, 0.29) is 11.4 Å². The molecular weight excluding hydrogens is 260 g/mol. The van der Waals surface area contributed by atoms with Gasteiger partial charge in [0, 0.05) is 6.07 Å². The molecule has 1 N–H and O–H groups in total. The summed E-state index contributed by atoms with van der Waals surface area (Å²) in [6.07, 6.45) is 0. The van der Waals surface area contributed by atoms with Crippen molar-refractivity contribution in [2.24, 2.45) is 0 Å². The first-order chi connectivity index (χ1) is 9.65. The fourth-order valence-corrected chi connectivity index (χ4v) is 2.02. The summed E-state index contributed by atoms with van der Waals surface area (Å²) in [6, 6.07) is 11.7. The molecule has 0 fully saturated rings. The predicted molar refractivity (Wildman–Crippen MR) is 71.4 cm³/mol. The van der Waals surface area contributed by atoms with Crippen molar-refractivity contribution in [3.63, 3.8) is 0 Å². The summed E-state index contributed by atoms with van der Waals surface area (Å²) in [5.41, 5.74) is 1.97. The number of phenolic OH excluding ortho intramolecular Hbond substituents is 1. The molecule has 0 unspecified atom stereocenters. The fraction of sp³-hybridized carbons (Fsp3) is 0.0769. The van der Waals surface area contributed by atoms with E-state index in [0.29, 0.717) is 12.1 Å². The number of nitrogens with zero attached hydrogens (tertiary/aromatic N) is 4. The fourth-order valence-electron chi connectivity index (χ4n) is 2.02. The van der Waals surface area contributed by atoms with Gasteiger partial charge in [0.15, 0.2) is 5.75 Å². The van der Waals surface area contributed by atoms with Gasteiger partial charge in [-0.1, -0.05) is 23.4 Å². The van der Waals surface area contributed by atoms with E-state index in [1.165, 1.54) is 12.1 Å². The highest BCUT2D eigenvalue weighted by atomic mass is 16.6. The molecule has 0 saturated heterocycles. The maximum absolute atomic E-state index is 10.8. The SMILES string of the molecule is O=[N+]([O-])c1cc(Cn2nnc3ccccc32)ccc1O. The quantitative estimate of drug-likeness (QED) is 0.581. The summed E-state index contributed by atoms with van der Waals surface area (Å²) >= 11 is 0. The highest BCUT2D eigenvalue weighted by Gasteiger charge is 2.14. The highest BCUT2D eigenvalue weighted by molar-refractivity contribution is 5.73. The normalized spacial score (nSPS) is 10.8. The smallest absolute Gasteiger partial charge is 0.311 e. The molecule has 0 aliphatic carbocycles. The van der Waals surface area contributed by atoms with Gasteiger partial charge in [0.2, 0.25) is 0 Å². The van der Waals surface area contributed by atoms with Crippen LogP contribution in [0.5, 0.6) is 5.75 Å². The van der Waals surface area contributed by atoms with Gasteiger partial charge in [-0.15, -0.1) is 5.10 Å². The average molecular weight is 270 g/mol. The number of fused-ring (bicyclic) bond motifs is 1. The van der Waals surface area contributed by atoms with E-state index in [9.17, 15) is 15.2 Å². The molecule has 1 aromatic heterocycles. The Labute approximate surface area is 113 Å². The van der Waals surface area contributed by atoms with Crippen LogP contribution < -0.4 is 0 Å². The van der Waals surface area contributed by atoms with Crippen molar-refractivity contribution in [2.75, 3.05) is 0 Å². The molecule has 7 heteroatoms. The van der Waals surface area contributed by atoms with E-state index in [1.54, 1.807) is 10.7 Å². The second-order valence-corrected chi connectivity index (χ2v) is 4.32. The summed E-state index contributed by atoms with van der Waals surface area (Å²) in [5, 5.41) is 28.3. The molecular formula is C13H10N4O3. The highest BCUT2D eigenvalue weighted by Crippen LogP contribution is 2.26. The van der Waals surface area contributed by atoms with Gasteiger partial charge in [0.25, 0.3) is 0 Å². The molecule has 20 heavy (non-hydrogen) atoms. The molecule has 0 saturated carbocycles. The first-order valence-electron chi connectivity index (χ1n) is 5.89. The van der Waals surface area contributed by atoms with Gasteiger partial charge < -0.3 is 5.11 Å². The van der Waals surface area contributed by atoms with Crippen LogP contribution in [0.4, 0.5) is 5.69 Å². The number of hydrogen-bond donors (Lipinski definition) is 1. The lowest BCUT2D eigenvalue weighted by Crippen LogP contribution is -2.02. The minimum Gasteiger partial charge on any atom is -0.502 e. The van der Waals surface area contributed by atoms with E-state index in [0.717, 1.165) is 11.0 Å². The molecule has 7 nitrogen and oxygen atoms in total. The van der Waals surface area contributed by atoms with Crippen LogP contribution in [-0.4, -0.2) is 25.0 Å². The number of hydrogen-bond acceptors (Lipinski definition) is 5. The predicted octanol–water partition coefficient (Wildman–Crippen LogP) is 2.09. The Bertz CT molecular complexity index is 797. The third kappa shape index (κ3) is 2.05. The summed E-state index contributed by atoms with van der Waals surface area (Å²) in [5.74, 6) is -0.345. The second-order valence-electron chi connectivity index (χ2n) is 4.32. The summed E-state index contributed by atoms with van der Waals surface area (Å²) in [4.78, 5) is 10.2. The van der Waals surface area contributed by atoms with Crippen LogP contribution in [0.1, 0.15) is 5.56 Å². The number of rotatable bonds is 3. The van der Waals surface area contributed by atoms with Crippen LogP contribution in [0.15, 0.2) is 42.5 Å². The van der Waals surface area contributed by atoms with Gasteiger partial charge >= 0.3 is 5.69 Å². The molecule has 0 radical (unpaired) electrons. The topological polar surface area (TPSA) is 94.1 Å². The van der Waals surface area contributed by atoms with Crippen molar-refractivity contribution in [3.8, 4) is 5.75 Å². The van der Waals surface area contributed by atoms with E-state index >= 15 is 0 Å². The average Bonchev–Trinajstić information content (AvgIpc) is 2.84. The lowest BCUT2D eigenvalue weighted by atomic mass is 10.2. The monoisotopic (exact) mass is 270 g/mol. The van der Waals surface area contributed by atoms with Gasteiger partial charge in [-0.3, -0.25) is 10.1 Å². The number of benzene rings is 2. The van der Waals surface area contributed by atoms with Gasteiger partial charge in [0.05, 0.1) is 17.0 Å². The molecule has 2 aromatic carbocycles. The molecule has 0 bridgehead atoms. The van der Waals surface area contributed by atoms with Gasteiger partial charge in [-0.05, 0) is 23.8 Å². The van der Waals surface area contributed by atoms with Gasteiger partial charge in [-0.25, -0.2) is 4.68 Å². The van der Waals surface area contributed by atoms with Crippen LogP contribution in [-0.2, 0) is 6.54 Å². The minimum atomic E-state index is -0.613. The Balaban J connectivity index is 1.99. The molecule has 100 valence electrons. The number of nitro benzene ring substituents is 1. The maximum atomic E-state index is 10.8. The zero-order chi connectivity index (χ0) is 14.1. The van der Waals surface area contributed by atoms with Crippen molar-refractivity contribution in [1.82, 2.24) is 15.0 Å². The number of phenols is 1. The van der Waals surface area contributed by atoms with Crippen molar-refractivity contribution in [3.05, 3.63) is 58.1 Å². The lowest BCUT2D eigenvalue weighted by Gasteiger charge is -2.03. The Hall–Kier alpha value is -2.96. The Morgan fingerprint density at radius 3 is 2.85 bits per heavy atom. The van der Waals surface area contributed by atoms with Gasteiger partial charge in [0.1, 0.15) is 5.52 Å². The van der Waals surface area contributed by atoms with E-state index in [1.807, 2.05) is 24.3 Å². The van der Waals surface area contributed by atoms with Crippen LogP contribution in [0.2, 0.25) is 0 Å². The van der Waals surface area contributed by atoms with Crippen molar-refractivity contribution < 1.29 is 10.0 Å². The van der Waals surface area contributed by atoms with E-state index in [2.05, 4.69) is 10.3 Å². The number of nitro groups is 1. The summed E-state index contributed by atoms with van der Waals surface area (Å²) in [6.45, 7) is 0.349. The third-order valence-corrected chi connectivity index (χ3v) is 2.99. The zero-order valence-electron chi connectivity index (χ0n) is 10.3. The van der Waals surface area contributed by atoms with E-state index < -0.39 is 4.92 Å². The molecule has 0 amide bonds. The Morgan fingerprint density at radius 2 is 2.05 bits per heavy atom. The number of para-hydroxylation sites is 1. The largest absolute Gasteiger partial charge is 0.502 e. The molecule has 0 aliphatic heterocycles. The number of aromatic hydroxyl groups is 1. The summed E-state index contributed by atoms with van der Waals surface area (Å²) in [7, 11) is 0. The number of aromatic nitrogens is 3. The molecule has 3 rings (SSSR count). The standard InChI is InChI=1S/C13H10N4O3/c18-13-6-5-9(7-12(13)17(19)20)8-16-11-4-2-1-3-10(11)14-15-16/h1-7,18H,8H2. The van der Waals surface area contributed by atoms with Crippen LogP contribution in [0.3, 0.4) is 0 Å². The Kier molecular flexibility index (Phi) is 2.79. The molecule has 0 aliphatic rings. The van der Waals surface area contributed by atoms with Crippen LogP contribution in [0.25, 0.3) is 11.0 Å². The molecule has 3 aromatic rings. The Morgan fingerprint density at radius 1 is 1.25 bits per heavy atom. The van der Waals surface area contributed by atoms with Gasteiger partial charge in [-0.2, -0.15) is 0 Å². The third-order valence-electron chi connectivity index (χ3n) is 2.99. The zero-order valence-corrected chi connectivity index (χ0v) is 10.3. The molecule has 0 spiro atoms. The van der Waals surface area contributed by atoms with E-state index in [4.69, 9.17) is 0 Å². The second kappa shape index (κ2) is 4.61. The van der Waals surface area contributed by atoms with Crippen molar-refractivity contribution in [2.45, 2.75) is 6.54 Å². The molecule has 1 heterocycles. The van der Waals surface area contributed by atoms with Crippen LogP contribution >= 0.6 is 0 Å². The lowest BCUT2D eigenvalue weighted by molar-refractivity contribution is -0.385. The van der Waals surface area contributed by atoms with Crippen LogP contribution in [0, 0.1) is 10.1 Å². The van der Waals surface area contributed by atoms with Crippen molar-refractivity contribution in [1.29, 1.82) is 0 Å². The first-order valence-corrected chi connectivity index (χ1v) is 5.89. The maximum Gasteiger partial charge on any atom is 0.311 e.